The maximum Gasteiger partial charge on any atom is 0.332 e. The van der Waals surface area contributed by atoms with Gasteiger partial charge in [-0.3, -0.25) is 4.79 Å². The molecular weight excluding hydrogens is 290 g/mol. The van der Waals surface area contributed by atoms with E-state index in [4.69, 9.17) is 21.8 Å². The van der Waals surface area contributed by atoms with E-state index in [2.05, 4.69) is 5.32 Å². The first-order chi connectivity index (χ1) is 8.99. The smallest absolute Gasteiger partial charge is 0.332 e. The summed E-state index contributed by atoms with van der Waals surface area (Å²) >= 11 is 7.09. The molecule has 0 fully saturated rings. The topological polar surface area (TPSA) is 86.6 Å². The van der Waals surface area contributed by atoms with Crippen LogP contribution in [0, 0.1) is 0 Å². The van der Waals surface area contributed by atoms with E-state index in [1.165, 1.54) is 11.8 Å². The van der Waals surface area contributed by atoms with Crippen molar-refractivity contribution in [1.29, 1.82) is 0 Å². The lowest BCUT2D eigenvalue weighted by molar-refractivity contribution is -0.147. The molecule has 1 atom stereocenters. The van der Waals surface area contributed by atoms with Crippen LogP contribution >= 0.6 is 23.4 Å². The second-order valence-corrected chi connectivity index (χ2v) is 5.22. The van der Waals surface area contributed by atoms with Gasteiger partial charge in [-0.15, -0.1) is 11.8 Å². The van der Waals surface area contributed by atoms with E-state index in [0.29, 0.717) is 5.02 Å². The Balaban J connectivity index is 2.21. The second-order valence-electron chi connectivity index (χ2n) is 3.74. The van der Waals surface area contributed by atoms with Gasteiger partial charge in [-0.25, -0.2) is 4.79 Å². The summed E-state index contributed by atoms with van der Waals surface area (Å²) in [4.78, 5) is 22.7. The van der Waals surface area contributed by atoms with Crippen molar-refractivity contribution < 1.29 is 19.8 Å². The summed E-state index contributed by atoms with van der Waals surface area (Å²) in [5.74, 6) is -1.27. The fourth-order valence-electron chi connectivity index (χ4n) is 1.20. The first-order valence-electron chi connectivity index (χ1n) is 5.55. The number of aliphatic hydroxyl groups is 1. The fourth-order valence-corrected chi connectivity index (χ4v) is 2.06. The molecule has 0 aliphatic heterocycles. The van der Waals surface area contributed by atoms with Gasteiger partial charge in [0.15, 0.2) is 6.10 Å². The van der Waals surface area contributed by atoms with Crippen LogP contribution in [0.15, 0.2) is 29.2 Å². The van der Waals surface area contributed by atoms with Crippen LogP contribution in [0.25, 0.3) is 0 Å². The van der Waals surface area contributed by atoms with Crippen LogP contribution in [0.5, 0.6) is 0 Å². The number of aliphatic carboxylic acids is 1. The number of carboxylic acids is 1. The zero-order valence-corrected chi connectivity index (χ0v) is 11.6. The van der Waals surface area contributed by atoms with E-state index >= 15 is 0 Å². The van der Waals surface area contributed by atoms with Crippen molar-refractivity contribution in [2.75, 3.05) is 12.3 Å². The highest BCUT2D eigenvalue weighted by molar-refractivity contribution is 8.00. The molecule has 0 saturated heterocycles. The molecule has 1 aromatic rings. The average Bonchev–Trinajstić information content (AvgIpc) is 2.37. The number of nitrogens with one attached hydrogen (secondary N) is 1. The molecule has 0 bridgehead atoms. The van der Waals surface area contributed by atoms with Gasteiger partial charge in [0.05, 0.1) is 5.75 Å². The number of hydrogen-bond acceptors (Lipinski definition) is 4. The largest absolute Gasteiger partial charge is 0.479 e. The maximum absolute atomic E-state index is 11.4. The minimum Gasteiger partial charge on any atom is -0.479 e. The molecule has 7 heteroatoms. The molecule has 1 aromatic carbocycles. The normalized spacial score (nSPS) is 11.9. The molecule has 3 N–H and O–H groups in total. The van der Waals surface area contributed by atoms with E-state index in [9.17, 15) is 9.59 Å². The number of aliphatic hydroxyl groups excluding tert-OH is 1. The van der Waals surface area contributed by atoms with E-state index in [0.717, 1.165) is 4.90 Å². The van der Waals surface area contributed by atoms with Crippen LogP contribution in [0.2, 0.25) is 5.02 Å². The summed E-state index contributed by atoms with van der Waals surface area (Å²) in [6, 6.07) is 7.11. The molecule has 0 aliphatic rings. The van der Waals surface area contributed by atoms with Gasteiger partial charge in [0, 0.05) is 22.9 Å². The van der Waals surface area contributed by atoms with Gasteiger partial charge in [-0.2, -0.15) is 0 Å². The van der Waals surface area contributed by atoms with Crippen LogP contribution in [0.3, 0.4) is 0 Å². The highest BCUT2D eigenvalue weighted by atomic mass is 35.5. The minimum absolute atomic E-state index is 0.00726. The molecule has 19 heavy (non-hydrogen) atoms. The number of thioether (sulfide) groups is 1. The summed E-state index contributed by atoms with van der Waals surface area (Å²) < 4.78 is 0. The zero-order valence-electron chi connectivity index (χ0n) is 10.0. The van der Waals surface area contributed by atoms with E-state index in [1.54, 1.807) is 12.1 Å². The minimum atomic E-state index is -1.44. The first-order valence-corrected chi connectivity index (χ1v) is 6.91. The molecule has 0 aliphatic carbocycles. The quantitative estimate of drug-likeness (QED) is 0.663. The Morgan fingerprint density at radius 1 is 1.32 bits per heavy atom. The average molecular weight is 304 g/mol. The Kier molecular flexibility index (Phi) is 6.69. The third-order valence-corrected chi connectivity index (χ3v) is 3.47. The monoisotopic (exact) mass is 303 g/mol. The molecule has 0 heterocycles. The van der Waals surface area contributed by atoms with Gasteiger partial charge in [-0.05, 0) is 24.3 Å². The van der Waals surface area contributed by atoms with Crippen molar-refractivity contribution in [3.63, 3.8) is 0 Å². The van der Waals surface area contributed by atoms with Crippen molar-refractivity contribution in [2.24, 2.45) is 0 Å². The van der Waals surface area contributed by atoms with Crippen molar-refractivity contribution >= 4 is 35.2 Å². The molecule has 5 nitrogen and oxygen atoms in total. The number of rotatable bonds is 7. The molecule has 0 radical (unpaired) electrons. The van der Waals surface area contributed by atoms with Crippen LogP contribution in [0.4, 0.5) is 0 Å². The predicted octanol–water partition coefficient (Wildman–Crippen LogP) is 1.38. The highest BCUT2D eigenvalue weighted by Gasteiger charge is 2.12. The summed E-state index contributed by atoms with van der Waals surface area (Å²) in [5.41, 5.74) is 0. The lowest BCUT2D eigenvalue weighted by Gasteiger charge is -2.07. The van der Waals surface area contributed by atoms with Crippen molar-refractivity contribution in [3.05, 3.63) is 29.3 Å². The van der Waals surface area contributed by atoms with Crippen LogP contribution in [-0.2, 0) is 9.59 Å². The molecule has 1 unspecified atom stereocenters. The lowest BCUT2D eigenvalue weighted by Crippen LogP contribution is -2.31. The number of hydrogen-bond donors (Lipinski definition) is 3. The number of halogens is 1. The number of carboxylic acid groups (broad SMARTS) is 1. The van der Waals surface area contributed by atoms with Crippen molar-refractivity contribution in [2.45, 2.75) is 17.4 Å². The third-order valence-electron chi connectivity index (χ3n) is 2.21. The van der Waals surface area contributed by atoms with Gasteiger partial charge in [0.25, 0.3) is 0 Å². The van der Waals surface area contributed by atoms with Crippen LogP contribution in [-0.4, -0.2) is 40.5 Å². The summed E-state index contributed by atoms with van der Waals surface area (Å²) in [5, 5.41) is 20.6. The zero-order chi connectivity index (χ0) is 14.3. The van der Waals surface area contributed by atoms with Crippen LogP contribution in [0.1, 0.15) is 6.42 Å². The Bertz CT molecular complexity index is 438. The second kappa shape index (κ2) is 8.04. The fraction of sp³-hybridized carbons (Fsp3) is 0.333. The number of amides is 1. The van der Waals surface area contributed by atoms with Gasteiger partial charge in [0.2, 0.25) is 5.91 Å². The van der Waals surface area contributed by atoms with Crippen molar-refractivity contribution in [1.82, 2.24) is 5.32 Å². The number of carbonyl (C=O) groups excluding carboxylic acids is 1. The summed E-state index contributed by atoms with van der Waals surface area (Å²) in [7, 11) is 0. The van der Waals surface area contributed by atoms with Gasteiger partial charge >= 0.3 is 5.97 Å². The summed E-state index contributed by atoms with van der Waals surface area (Å²) in [6.45, 7) is 0.132. The van der Waals surface area contributed by atoms with E-state index < -0.39 is 12.1 Å². The third kappa shape index (κ3) is 6.47. The molecule has 0 saturated carbocycles. The number of carbonyl (C=O) groups is 2. The Labute approximate surface area is 120 Å². The Morgan fingerprint density at radius 2 is 1.95 bits per heavy atom. The highest BCUT2D eigenvalue weighted by Crippen LogP contribution is 2.19. The molecule has 0 aromatic heterocycles. The Morgan fingerprint density at radius 3 is 2.53 bits per heavy atom. The van der Waals surface area contributed by atoms with Crippen molar-refractivity contribution in [3.8, 4) is 0 Å². The Hall–Kier alpha value is -1.24. The molecule has 0 spiro atoms. The van der Waals surface area contributed by atoms with E-state index in [-0.39, 0.29) is 24.6 Å². The molecule has 104 valence electrons. The summed E-state index contributed by atoms with van der Waals surface area (Å²) in [6.07, 6.45) is -1.45. The molecule has 1 amide bonds. The molecular formula is C12H14ClNO4S. The first kappa shape index (κ1) is 15.8. The molecule has 1 rings (SSSR count). The van der Waals surface area contributed by atoms with Gasteiger partial charge < -0.3 is 15.5 Å². The van der Waals surface area contributed by atoms with E-state index in [1.807, 2.05) is 12.1 Å². The maximum atomic E-state index is 11.4. The SMILES string of the molecule is O=C(CSc1ccc(Cl)cc1)NCCC(O)C(=O)O. The van der Waals surface area contributed by atoms with Crippen LogP contribution < -0.4 is 5.32 Å². The van der Waals surface area contributed by atoms with Gasteiger partial charge in [-0.1, -0.05) is 11.6 Å². The number of benzene rings is 1. The van der Waals surface area contributed by atoms with Gasteiger partial charge in [0.1, 0.15) is 0 Å². The lowest BCUT2D eigenvalue weighted by atomic mass is 10.2. The predicted molar refractivity (Wildman–Crippen MR) is 73.4 cm³/mol. The standard InChI is InChI=1S/C12H14ClNO4S/c13-8-1-3-9(4-2-8)19-7-11(16)14-6-5-10(15)12(17)18/h1-4,10,15H,5-7H2,(H,14,16)(H,17,18).